The van der Waals surface area contributed by atoms with E-state index in [-0.39, 0.29) is 29.9 Å². The fraction of sp³-hybridized carbons (Fsp3) is 0.812. The number of carbonyl (C=O) groups is 3. The van der Waals surface area contributed by atoms with E-state index in [1.54, 1.807) is 11.8 Å². The molecule has 0 spiro atoms. The highest BCUT2D eigenvalue weighted by atomic mass is 16.5. The van der Waals surface area contributed by atoms with E-state index in [4.69, 9.17) is 19.7 Å². The fourth-order valence-corrected chi connectivity index (χ4v) is 8.61. The first-order valence-corrected chi connectivity index (χ1v) is 17.6. The lowest BCUT2D eigenvalue weighted by Crippen LogP contribution is -2.63. The summed E-state index contributed by atoms with van der Waals surface area (Å²) in [6.07, 6.45) is 7.57. The van der Waals surface area contributed by atoms with Crippen molar-refractivity contribution in [2.75, 3.05) is 86.7 Å². The lowest BCUT2D eigenvalue weighted by molar-refractivity contribution is -0.159. The van der Waals surface area contributed by atoms with Crippen molar-refractivity contribution in [2.45, 2.75) is 95.5 Å². The maximum absolute atomic E-state index is 14.1. The molecule has 0 saturated carbocycles. The number of rotatable bonds is 8. The molecule has 7 heterocycles. The number of aromatic nitrogens is 3. The van der Waals surface area contributed by atoms with Gasteiger partial charge in [0.2, 0.25) is 29.2 Å². The van der Waals surface area contributed by atoms with Crippen LogP contribution >= 0.6 is 0 Å². The van der Waals surface area contributed by atoms with E-state index in [9.17, 15) is 14.4 Å². The van der Waals surface area contributed by atoms with Crippen LogP contribution in [-0.2, 0) is 14.3 Å². The van der Waals surface area contributed by atoms with Crippen LogP contribution in [0.3, 0.4) is 0 Å². The Kier molecular flexibility index (Phi) is 8.45. The van der Waals surface area contributed by atoms with Crippen LogP contribution in [0, 0.1) is 0 Å². The van der Waals surface area contributed by atoms with Gasteiger partial charge in [0.25, 0.3) is 5.91 Å². The summed E-state index contributed by atoms with van der Waals surface area (Å²) >= 11 is 0. The molecule has 6 saturated heterocycles. The molecular weight excluding hydrogens is 588 g/mol. The van der Waals surface area contributed by atoms with Gasteiger partial charge in [-0.05, 0) is 72.1 Å². The summed E-state index contributed by atoms with van der Waals surface area (Å²) in [4.78, 5) is 68.2. The summed E-state index contributed by atoms with van der Waals surface area (Å²) in [6.45, 7) is 13.4. The van der Waals surface area contributed by atoms with Crippen molar-refractivity contribution in [1.29, 1.82) is 0 Å². The molecule has 1 aromatic rings. The van der Waals surface area contributed by atoms with Crippen LogP contribution in [0.2, 0.25) is 0 Å². The third kappa shape index (κ3) is 5.34. The number of hydrogen-bond acceptors (Lipinski definition) is 11. The second-order valence-corrected chi connectivity index (χ2v) is 14.2. The van der Waals surface area contributed by atoms with Gasteiger partial charge in [-0.1, -0.05) is 0 Å². The lowest BCUT2D eigenvalue weighted by atomic mass is 9.91. The third-order valence-corrected chi connectivity index (χ3v) is 10.8. The van der Waals surface area contributed by atoms with Crippen molar-refractivity contribution in [2.24, 2.45) is 0 Å². The molecule has 1 aromatic heterocycles. The van der Waals surface area contributed by atoms with Gasteiger partial charge in [-0.2, -0.15) is 15.0 Å². The fourth-order valence-electron chi connectivity index (χ4n) is 8.61. The van der Waals surface area contributed by atoms with Crippen molar-refractivity contribution in [3.63, 3.8) is 0 Å². The quantitative estimate of drug-likeness (QED) is 0.416. The molecule has 3 atom stereocenters. The van der Waals surface area contributed by atoms with Crippen LogP contribution in [0.25, 0.3) is 0 Å². The van der Waals surface area contributed by atoms with Crippen LogP contribution < -0.4 is 20.0 Å². The number of fused-ring (bicyclic) bond motifs is 1. The van der Waals surface area contributed by atoms with Crippen LogP contribution in [0.15, 0.2) is 0 Å². The van der Waals surface area contributed by atoms with Crippen LogP contribution in [-0.4, -0.2) is 143 Å². The zero-order valence-electron chi connectivity index (χ0n) is 27.7. The number of nitrogens with one attached hydrogen (secondary N) is 1. The molecule has 6 fully saturated rings. The predicted octanol–water partition coefficient (Wildman–Crippen LogP) is 1.45. The SMILES string of the molecule is CC(C)OC1(C)C(=O)N2CCCC2(N2CCCC2CNC(=O)N2CCN(c3nc(N4CCCC4)nc(N4CCCC4)n3)CC2)C1=O. The van der Waals surface area contributed by atoms with Gasteiger partial charge in [-0.15, -0.1) is 0 Å². The Morgan fingerprint density at radius 3 is 1.93 bits per heavy atom. The summed E-state index contributed by atoms with van der Waals surface area (Å²) in [5, 5.41) is 3.18. The first-order valence-electron chi connectivity index (χ1n) is 17.6. The third-order valence-electron chi connectivity index (χ3n) is 10.8. The molecule has 0 aromatic carbocycles. The average molecular weight is 639 g/mol. The largest absolute Gasteiger partial charge is 0.355 e. The summed E-state index contributed by atoms with van der Waals surface area (Å²) in [5.41, 5.74) is -2.45. The van der Waals surface area contributed by atoms with Crippen molar-refractivity contribution in [1.82, 2.24) is 35.0 Å². The number of hydrogen-bond donors (Lipinski definition) is 1. The molecule has 6 aliphatic heterocycles. The highest BCUT2D eigenvalue weighted by molar-refractivity contribution is 6.19. The Morgan fingerprint density at radius 1 is 0.804 bits per heavy atom. The number of amides is 3. The summed E-state index contributed by atoms with van der Waals surface area (Å²) in [6, 6.07) is -0.123. The minimum absolute atomic E-state index is 0.0257. The molecule has 252 valence electrons. The summed E-state index contributed by atoms with van der Waals surface area (Å²) < 4.78 is 6.00. The van der Waals surface area contributed by atoms with Crippen LogP contribution in [0.4, 0.5) is 22.6 Å². The highest BCUT2D eigenvalue weighted by Gasteiger charge is 2.70. The number of Topliss-reactive ketones (excluding diaryl/α,β-unsaturated/α-hetero) is 1. The van der Waals surface area contributed by atoms with Gasteiger partial charge in [-0.3, -0.25) is 14.5 Å². The minimum Gasteiger partial charge on any atom is -0.355 e. The molecule has 0 bridgehead atoms. The van der Waals surface area contributed by atoms with Gasteiger partial charge in [0, 0.05) is 78.0 Å². The smallest absolute Gasteiger partial charge is 0.317 e. The standard InChI is InChI=1S/C32H50N10O4/c1-23(2)46-31(3)25(43)32(11-9-17-42(32)26(31)44)41-16-8-10-24(41)22-33-30(45)40-20-18-39(19-21-40)29-35-27(37-12-4-5-13-37)34-28(36-29)38-14-6-7-15-38/h23-24H,4-22H2,1-3H3,(H,33,45). The number of likely N-dealkylation sites (tertiary alicyclic amines) is 1. The molecule has 0 radical (unpaired) electrons. The van der Waals surface area contributed by atoms with E-state index in [0.717, 1.165) is 89.6 Å². The topological polar surface area (TPSA) is 131 Å². The van der Waals surface area contributed by atoms with Crippen molar-refractivity contribution in [3.05, 3.63) is 0 Å². The first kappa shape index (κ1) is 31.3. The Labute approximate surface area is 271 Å². The molecule has 14 nitrogen and oxygen atoms in total. The van der Waals surface area contributed by atoms with Gasteiger partial charge in [0.1, 0.15) is 0 Å². The van der Waals surface area contributed by atoms with Gasteiger partial charge < -0.3 is 34.6 Å². The van der Waals surface area contributed by atoms with Crippen LogP contribution in [0.5, 0.6) is 0 Å². The zero-order chi connectivity index (χ0) is 32.1. The van der Waals surface area contributed by atoms with E-state index in [2.05, 4.69) is 24.9 Å². The summed E-state index contributed by atoms with van der Waals surface area (Å²) in [7, 11) is 0. The molecule has 1 N–H and O–H groups in total. The van der Waals surface area contributed by atoms with Crippen molar-refractivity contribution < 1.29 is 19.1 Å². The number of anilines is 3. The highest BCUT2D eigenvalue weighted by Crippen LogP contribution is 2.47. The van der Waals surface area contributed by atoms with Crippen LogP contribution in [0.1, 0.15) is 72.1 Å². The predicted molar refractivity (Wildman–Crippen MR) is 173 cm³/mol. The Morgan fingerprint density at radius 2 is 1.37 bits per heavy atom. The van der Waals surface area contributed by atoms with Gasteiger partial charge >= 0.3 is 6.03 Å². The lowest BCUT2D eigenvalue weighted by Gasteiger charge is -2.42. The molecule has 3 unspecified atom stereocenters. The van der Waals surface area contributed by atoms with E-state index >= 15 is 0 Å². The Balaban J connectivity index is 0.984. The minimum atomic E-state index is -1.46. The number of urea groups is 1. The maximum atomic E-state index is 14.1. The van der Waals surface area contributed by atoms with Gasteiger partial charge in [0.05, 0.1) is 6.10 Å². The number of nitrogens with zero attached hydrogens (tertiary/aromatic N) is 9. The van der Waals surface area contributed by atoms with E-state index in [1.807, 2.05) is 18.7 Å². The molecule has 3 amide bonds. The molecule has 6 aliphatic rings. The molecular formula is C32H50N10O4. The van der Waals surface area contributed by atoms with Crippen molar-refractivity contribution >= 4 is 35.6 Å². The normalized spacial score (nSPS) is 30.4. The Hall–Kier alpha value is -3.26. The van der Waals surface area contributed by atoms with Gasteiger partial charge in [-0.25, -0.2) is 4.79 Å². The number of piperazine rings is 1. The second kappa shape index (κ2) is 12.4. The second-order valence-electron chi connectivity index (χ2n) is 14.2. The maximum Gasteiger partial charge on any atom is 0.317 e. The van der Waals surface area contributed by atoms with E-state index in [0.29, 0.717) is 51.6 Å². The monoisotopic (exact) mass is 638 g/mol. The number of carbonyl (C=O) groups excluding carboxylic acids is 3. The molecule has 0 aliphatic carbocycles. The molecule has 46 heavy (non-hydrogen) atoms. The van der Waals surface area contributed by atoms with E-state index in [1.165, 1.54) is 0 Å². The number of ether oxygens (including phenoxy) is 1. The van der Waals surface area contributed by atoms with E-state index < -0.39 is 11.3 Å². The number of ketones is 1. The first-order chi connectivity index (χ1) is 22.2. The van der Waals surface area contributed by atoms with Gasteiger partial charge in [0.15, 0.2) is 5.66 Å². The zero-order valence-corrected chi connectivity index (χ0v) is 27.7. The molecule has 7 rings (SSSR count). The Bertz CT molecular complexity index is 1290. The summed E-state index contributed by atoms with van der Waals surface area (Å²) in [5.74, 6) is 1.86. The molecule has 14 heteroatoms. The van der Waals surface area contributed by atoms with Crippen molar-refractivity contribution in [3.8, 4) is 0 Å². The average Bonchev–Trinajstić information content (AvgIpc) is 3.90.